The Kier molecular flexibility index (Phi) is 7.51. The Morgan fingerprint density at radius 3 is 2.47 bits per heavy atom. The fourth-order valence-corrected chi connectivity index (χ4v) is 3.99. The fourth-order valence-electron chi connectivity index (χ4n) is 2.87. The molecule has 8 heteroatoms. The maximum Gasteiger partial charge on any atom is 0.262 e. The third kappa shape index (κ3) is 6.12. The zero-order valence-corrected chi connectivity index (χ0v) is 18.6. The molecule has 32 heavy (non-hydrogen) atoms. The summed E-state index contributed by atoms with van der Waals surface area (Å²) in [6.45, 7) is 2.49. The average molecular weight is 453 g/mol. The van der Waals surface area contributed by atoms with E-state index in [1.54, 1.807) is 42.5 Å². The molecule has 1 amide bonds. The molecule has 2 N–H and O–H groups in total. The quantitative estimate of drug-likeness (QED) is 0.465. The first-order valence-corrected chi connectivity index (χ1v) is 11.4. The van der Waals surface area contributed by atoms with Crippen molar-refractivity contribution >= 4 is 33.4 Å². The van der Waals surface area contributed by atoms with Crippen LogP contribution in [0.3, 0.4) is 0 Å². The molecule has 3 aromatic carbocycles. The summed E-state index contributed by atoms with van der Waals surface area (Å²) in [4.78, 5) is 12.3. The number of ether oxygens (including phenoxy) is 2. The van der Waals surface area contributed by atoms with Gasteiger partial charge in [-0.25, -0.2) is 8.42 Å². The van der Waals surface area contributed by atoms with Gasteiger partial charge in [0.25, 0.3) is 10.0 Å². The van der Waals surface area contributed by atoms with Crippen molar-refractivity contribution in [2.24, 2.45) is 0 Å². The molecule has 0 bridgehead atoms. The zero-order valence-electron chi connectivity index (χ0n) is 17.7. The molecule has 0 spiro atoms. The van der Waals surface area contributed by atoms with Crippen LogP contribution >= 0.6 is 0 Å². The van der Waals surface area contributed by atoms with E-state index in [-0.39, 0.29) is 10.8 Å². The van der Waals surface area contributed by atoms with Crippen molar-refractivity contribution in [3.8, 4) is 11.5 Å². The van der Waals surface area contributed by atoms with E-state index in [4.69, 9.17) is 9.47 Å². The second-order valence-electron chi connectivity index (χ2n) is 6.66. The number of hydrogen-bond donors (Lipinski definition) is 2. The van der Waals surface area contributed by atoms with Crippen LogP contribution in [0, 0.1) is 0 Å². The smallest absolute Gasteiger partial charge is 0.262 e. The van der Waals surface area contributed by atoms with Crippen molar-refractivity contribution in [3.05, 3.63) is 84.4 Å². The molecule has 0 unspecified atom stereocenters. The summed E-state index contributed by atoms with van der Waals surface area (Å²) >= 11 is 0. The van der Waals surface area contributed by atoms with Crippen LogP contribution in [0.1, 0.15) is 12.5 Å². The minimum absolute atomic E-state index is 0.0108. The van der Waals surface area contributed by atoms with Crippen molar-refractivity contribution in [1.29, 1.82) is 0 Å². The van der Waals surface area contributed by atoms with Crippen molar-refractivity contribution in [2.75, 3.05) is 23.8 Å². The van der Waals surface area contributed by atoms with Gasteiger partial charge in [0, 0.05) is 11.8 Å². The van der Waals surface area contributed by atoms with E-state index in [0.29, 0.717) is 23.7 Å². The van der Waals surface area contributed by atoms with E-state index in [9.17, 15) is 13.2 Å². The molecule has 166 valence electrons. The van der Waals surface area contributed by atoms with Crippen molar-refractivity contribution in [3.63, 3.8) is 0 Å². The van der Waals surface area contributed by atoms with E-state index in [0.717, 1.165) is 11.3 Å². The van der Waals surface area contributed by atoms with Gasteiger partial charge in [0.05, 0.1) is 24.3 Å². The Bertz CT molecular complexity index is 1210. The lowest BCUT2D eigenvalue weighted by Crippen LogP contribution is -2.14. The normalized spacial score (nSPS) is 11.2. The van der Waals surface area contributed by atoms with Gasteiger partial charge in [-0.3, -0.25) is 9.52 Å². The van der Waals surface area contributed by atoms with Crippen LogP contribution in [0.5, 0.6) is 11.5 Å². The Morgan fingerprint density at radius 1 is 1.00 bits per heavy atom. The Balaban J connectivity index is 1.69. The predicted octanol–water partition coefficient (Wildman–Crippen LogP) is 4.55. The summed E-state index contributed by atoms with van der Waals surface area (Å²) in [6, 6.07) is 20.0. The summed E-state index contributed by atoms with van der Waals surface area (Å²) in [5, 5.41) is 2.68. The first kappa shape index (κ1) is 22.9. The van der Waals surface area contributed by atoms with Crippen LogP contribution in [-0.4, -0.2) is 28.0 Å². The topological polar surface area (TPSA) is 93.7 Å². The maximum atomic E-state index is 12.8. The highest BCUT2D eigenvalue weighted by atomic mass is 32.2. The Labute approximate surface area is 187 Å². The van der Waals surface area contributed by atoms with Crippen molar-refractivity contribution < 1.29 is 22.7 Å². The molecule has 3 rings (SSSR count). The number of benzene rings is 3. The fraction of sp³-hybridized carbons (Fsp3) is 0.125. The summed E-state index contributed by atoms with van der Waals surface area (Å²) in [7, 11) is -2.42. The first-order valence-electron chi connectivity index (χ1n) is 9.89. The van der Waals surface area contributed by atoms with Crippen LogP contribution in [0.25, 0.3) is 6.08 Å². The standard InChI is InChI=1S/C24H24N2O5S/c1-3-31-20-14-11-18(12-15-20)13-16-24(27)25-19-7-6-8-21(17-19)32(28,29)26-22-9-4-5-10-23(22)30-2/h4-17,26H,3H2,1-2H3,(H,25,27)/b16-13+. The van der Waals surface area contributed by atoms with E-state index < -0.39 is 10.0 Å². The van der Waals surface area contributed by atoms with Gasteiger partial charge in [0.2, 0.25) is 5.91 Å². The summed E-state index contributed by atoms with van der Waals surface area (Å²) in [5.41, 5.74) is 1.51. The van der Waals surface area contributed by atoms with E-state index in [1.807, 2.05) is 31.2 Å². The van der Waals surface area contributed by atoms with Gasteiger partial charge in [-0.15, -0.1) is 0 Å². The van der Waals surface area contributed by atoms with Gasteiger partial charge in [0.15, 0.2) is 0 Å². The Hall–Kier alpha value is -3.78. The molecule has 3 aromatic rings. The van der Waals surface area contributed by atoms with Crippen LogP contribution in [0.2, 0.25) is 0 Å². The number of rotatable bonds is 9. The minimum Gasteiger partial charge on any atom is -0.495 e. The lowest BCUT2D eigenvalue weighted by molar-refractivity contribution is -0.111. The second kappa shape index (κ2) is 10.5. The van der Waals surface area contributed by atoms with Crippen LogP contribution < -0.4 is 19.5 Å². The molecule has 0 radical (unpaired) electrons. The van der Waals surface area contributed by atoms with E-state index >= 15 is 0 Å². The van der Waals surface area contributed by atoms with Gasteiger partial charge in [-0.2, -0.15) is 0 Å². The molecule has 7 nitrogen and oxygen atoms in total. The summed E-state index contributed by atoms with van der Waals surface area (Å²) in [6.07, 6.45) is 3.04. The van der Waals surface area contributed by atoms with Gasteiger partial charge in [0.1, 0.15) is 11.5 Å². The highest BCUT2D eigenvalue weighted by Gasteiger charge is 2.17. The highest BCUT2D eigenvalue weighted by Crippen LogP contribution is 2.26. The summed E-state index contributed by atoms with van der Waals surface area (Å²) < 4.78 is 38.7. The lowest BCUT2D eigenvalue weighted by Gasteiger charge is -2.12. The molecule has 0 atom stereocenters. The van der Waals surface area contributed by atoms with Crippen LogP contribution in [0.15, 0.2) is 83.8 Å². The van der Waals surface area contributed by atoms with Gasteiger partial charge in [-0.05, 0) is 61.0 Å². The molecular weight excluding hydrogens is 428 g/mol. The number of hydrogen-bond acceptors (Lipinski definition) is 5. The molecule has 0 fully saturated rings. The van der Waals surface area contributed by atoms with Gasteiger partial charge in [-0.1, -0.05) is 30.3 Å². The van der Waals surface area contributed by atoms with Gasteiger partial charge < -0.3 is 14.8 Å². The molecule has 0 heterocycles. The number of anilines is 2. The first-order chi connectivity index (χ1) is 15.4. The highest BCUT2D eigenvalue weighted by molar-refractivity contribution is 7.92. The van der Waals surface area contributed by atoms with Gasteiger partial charge >= 0.3 is 0 Å². The Morgan fingerprint density at radius 2 is 1.75 bits per heavy atom. The molecule has 0 aromatic heterocycles. The maximum absolute atomic E-state index is 12.8. The van der Waals surface area contributed by atoms with Crippen LogP contribution in [0.4, 0.5) is 11.4 Å². The lowest BCUT2D eigenvalue weighted by atomic mass is 10.2. The van der Waals surface area contributed by atoms with Crippen LogP contribution in [-0.2, 0) is 14.8 Å². The average Bonchev–Trinajstić information content (AvgIpc) is 2.79. The zero-order chi connectivity index (χ0) is 23.0. The SMILES string of the molecule is CCOc1ccc(/C=C/C(=O)Nc2cccc(S(=O)(=O)Nc3ccccc3OC)c2)cc1. The number of nitrogens with one attached hydrogen (secondary N) is 2. The largest absolute Gasteiger partial charge is 0.495 e. The molecule has 0 aliphatic heterocycles. The predicted molar refractivity (Wildman–Crippen MR) is 126 cm³/mol. The molecule has 0 aliphatic carbocycles. The molecule has 0 saturated heterocycles. The summed E-state index contributed by atoms with van der Waals surface area (Å²) in [5.74, 6) is 0.778. The third-order valence-electron chi connectivity index (χ3n) is 4.38. The van der Waals surface area contributed by atoms with E-state index in [1.165, 1.54) is 25.3 Å². The number of carbonyl (C=O) groups excluding carboxylic acids is 1. The number of carbonyl (C=O) groups is 1. The third-order valence-corrected chi connectivity index (χ3v) is 5.74. The van der Waals surface area contributed by atoms with E-state index in [2.05, 4.69) is 10.0 Å². The molecule has 0 saturated carbocycles. The second-order valence-corrected chi connectivity index (χ2v) is 8.34. The number of methoxy groups -OCH3 is 1. The molecule has 0 aliphatic rings. The number of sulfonamides is 1. The van der Waals surface area contributed by atoms with Crippen molar-refractivity contribution in [2.45, 2.75) is 11.8 Å². The van der Waals surface area contributed by atoms with Crippen molar-refractivity contribution in [1.82, 2.24) is 0 Å². The number of amides is 1. The monoisotopic (exact) mass is 452 g/mol. The minimum atomic E-state index is -3.88. The number of para-hydroxylation sites is 2. The molecular formula is C24H24N2O5S.